The van der Waals surface area contributed by atoms with Crippen molar-refractivity contribution in [3.8, 4) is 0 Å². The number of thioether (sulfide) groups is 1. The van der Waals surface area contributed by atoms with Gasteiger partial charge in [-0.25, -0.2) is 4.79 Å². The standard InChI is InChI=1S/C16H26O2S/c1-12(2)16(17)18-13-8-10-15(11-9-13)19-14-6-4-3-5-7-14/h13-15H,1,3-11H2,2H3. The van der Waals surface area contributed by atoms with Crippen LogP contribution in [0.4, 0.5) is 0 Å². The van der Waals surface area contributed by atoms with Gasteiger partial charge in [0.15, 0.2) is 0 Å². The van der Waals surface area contributed by atoms with Gasteiger partial charge in [-0.1, -0.05) is 25.8 Å². The smallest absolute Gasteiger partial charge is 0.333 e. The molecule has 2 aliphatic carbocycles. The molecular weight excluding hydrogens is 256 g/mol. The lowest BCUT2D eigenvalue weighted by atomic mass is 9.97. The highest BCUT2D eigenvalue weighted by Gasteiger charge is 2.26. The summed E-state index contributed by atoms with van der Waals surface area (Å²) in [5, 5.41) is 1.69. The average molecular weight is 282 g/mol. The van der Waals surface area contributed by atoms with E-state index in [0.717, 1.165) is 23.3 Å². The van der Waals surface area contributed by atoms with Crippen LogP contribution < -0.4 is 0 Å². The van der Waals surface area contributed by atoms with Gasteiger partial charge in [0.25, 0.3) is 0 Å². The van der Waals surface area contributed by atoms with Crippen molar-refractivity contribution in [2.45, 2.75) is 81.3 Å². The summed E-state index contributed by atoms with van der Waals surface area (Å²) in [6, 6.07) is 0. The van der Waals surface area contributed by atoms with Crippen molar-refractivity contribution in [2.24, 2.45) is 0 Å². The number of esters is 1. The van der Waals surface area contributed by atoms with Gasteiger partial charge in [-0.2, -0.15) is 11.8 Å². The van der Waals surface area contributed by atoms with Gasteiger partial charge in [0.05, 0.1) is 0 Å². The first-order valence-corrected chi connectivity index (χ1v) is 8.61. The maximum Gasteiger partial charge on any atom is 0.333 e. The number of carbonyl (C=O) groups is 1. The van der Waals surface area contributed by atoms with Gasteiger partial charge < -0.3 is 4.74 Å². The van der Waals surface area contributed by atoms with Crippen LogP contribution in [0.3, 0.4) is 0 Å². The summed E-state index contributed by atoms with van der Waals surface area (Å²) in [6.45, 7) is 5.35. The molecule has 2 nitrogen and oxygen atoms in total. The number of carbonyl (C=O) groups excluding carboxylic acids is 1. The summed E-state index contributed by atoms with van der Waals surface area (Å²) >= 11 is 2.21. The third-order valence-electron chi connectivity index (χ3n) is 4.18. The highest BCUT2D eigenvalue weighted by molar-refractivity contribution is 8.00. The molecule has 0 aromatic heterocycles. The van der Waals surface area contributed by atoms with Crippen LogP contribution in [0.2, 0.25) is 0 Å². The second-order valence-corrected chi connectivity index (χ2v) is 7.59. The van der Waals surface area contributed by atoms with Crippen molar-refractivity contribution in [3.63, 3.8) is 0 Å². The lowest BCUT2D eigenvalue weighted by molar-refractivity contribution is -0.145. The molecule has 2 saturated carbocycles. The van der Waals surface area contributed by atoms with Crippen LogP contribution >= 0.6 is 11.8 Å². The van der Waals surface area contributed by atoms with E-state index in [9.17, 15) is 4.79 Å². The van der Waals surface area contributed by atoms with Crippen LogP contribution in [0.5, 0.6) is 0 Å². The monoisotopic (exact) mass is 282 g/mol. The predicted molar refractivity (Wildman–Crippen MR) is 81.4 cm³/mol. The normalized spacial score (nSPS) is 28.9. The van der Waals surface area contributed by atoms with Gasteiger partial charge in [-0.15, -0.1) is 0 Å². The molecule has 0 atom stereocenters. The van der Waals surface area contributed by atoms with E-state index >= 15 is 0 Å². The molecule has 0 spiro atoms. The molecule has 0 bridgehead atoms. The van der Waals surface area contributed by atoms with E-state index in [2.05, 4.69) is 18.3 Å². The Hall–Kier alpha value is -0.440. The zero-order valence-corrected chi connectivity index (χ0v) is 12.8. The van der Waals surface area contributed by atoms with E-state index in [-0.39, 0.29) is 12.1 Å². The third kappa shape index (κ3) is 4.87. The molecule has 0 N–H and O–H groups in total. The topological polar surface area (TPSA) is 26.3 Å². The van der Waals surface area contributed by atoms with Gasteiger partial charge in [0, 0.05) is 16.1 Å². The zero-order chi connectivity index (χ0) is 13.7. The molecule has 0 radical (unpaired) electrons. The summed E-state index contributed by atoms with van der Waals surface area (Å²) in [7, 11) is 0. The Morgan fingerprint density at radius 3 is 2.16 bits per heavy atom. The number of rotatable bonds is 4. The van der Waals surface area contributed by atoms with Crippen LogP contribution in [0, 0.1) is 0 Å². The van der Waals surface area contributed by atoms with E-state index < -0.39 is 0 Å². The Kier molecular flexibility index (Phi) is 5.80. The lowest BCUT2D eigenvalue weighted by Gasteiger charge is -2.31. The van der Waals surface area contributed by atoms with E-state index in [1.165, 1.54) is 44.9 Å². The molecule has 2 fully saturated rings. The molecule has 2 aliphatic rings. The summed E-state index contributed by atoms with van der Waals surface area (Å²) in [5.41, 5.74) is 0.513. The van der Waals surface area contributed by atoms with Crippen molar-refractivity contribution >= 4 is 17.7 Å². The Bertz CT molecular complexity index is 313. The van der Waals surface area contributed by atoms with Gasteiger partial charge in [-0.05, 0) is 45.4 Å². The van der Waals surface area contributed by atoms with Crippen molar-refractivity contribution in [1.82, 2.24) is 0 Å². The molecular formula is C16H26O2S. The quantitative estimate of drug-likeness (QED) is 0.561. The highest BCUT2D eigenvalue weighted by Crippen LogP contribution is 2.37. The molecule has 3 heteroatoms. The van der Waals surface area contributed by atoms with Crippen LogP contribution in [0.15, 0.2) is 12.2 Å². The largest absolute Gasteiger partial charge is 0.459 e. The van der Waals surface area contributed by atoms with E-state index in [0.29, 0.717) is 5.57 Å². The molecule has 0 heterocycles. The lowest BCUT2D eigenvalue weighted by Crippen LogP contribution is -2.27. The van der Waals surface area contributed by atoms with Crippen LogP contribution in [-0.2, 0) is 9.53 Å². The maximum absolute atomic E-state index is 11.5. The molecule has 19 heavy (non-hydrogen) atoms. The fraction of sp³-hybridized carbons (Fsp3) is 0.812. The minimum atomic E-state index is -0.219. The first kappa shape index (κ1) is 15.0. The minimum absolute atomic E-state index is 0.132. The second kappa shape index (κ2) is 7.37. The summed E-state index contributed by atoms with van der Waals surface area (Å²) in [5.74, 6) is -0.219. The van der Waals surface area contributed by atoms with Gasteiger partial charge in [0.1, 0.15) is 6.10 Å². The van der Waals surface area contributed by atoms with Gasteiger partial charge in [0.2, 0.25) is 0 Å². The Labute approximate surface area is 121 Å². The molecule has 0 amide bonds. The molecule has 0 aliphatic heterocycles. The maximum atomic E-state index is 11.5. The molecule has 0 aromatic carbocycles. The summed E-state index contributed by atoms with van der Waals surface area (Å²) in [4.78, 5) is 11.5. The minimum Gasteiger partial charge on any atom is -0.459 e. The fourth-order valence-corrected chi connectivity index (χ4v) is 4.71. The number of hydrogen-bond acceptors (Lipinski definition) is 3. The van der Waals surface area contributed by atoms with Crippen LogP contribution in [0.25, 0.3) is 0 Å². The van der Waals surface area contributed by atoms with Crippen molar-refractivity contribution < 1.29 is 9.53 Å². The zero-order valence-electron chi connectivity index (χ0n) is 12.0. The summed E-state index contributed by atoms with van der Waals surface area (Å²) in [6.07, 6.45) is 11.7. The fourth-order valence-electron chi connectivity index (χ4n) is 3.01. The first-order valence-electron chi connectivity index (χ1n) is 7.67. The van der Waals surface area contributed by atoms with Gasteiger partial charge >= 0.3 is 5.97 Å². The molecule has 0 unspecified atom stereocenters. The molecule has 0 aromatic rings. The van der Waals surface area contributed by atoms with Crippen molar-refractivity contribution in [3.05, 3.63) is 12.2 Å². The molecule has 0 saturated heterocycles. The Balaban J connectivity index is 1.67. The highest BCUT2D eigenvalue weighted by atomic mass is 32.2. The number of ether oxygens (including phenoxy) is 1. The first-order chi connectivity index (χ1) is 9.15. The SMILES string of the molecule is C=C(C)C(=O)OC1CCC(SC2CCCCC2)CC1. The number of hydrogen-bond donors (Lipinski definition) is 0. The summed E-state index contributed by atoms with van der Waals surface area (Å²) < 4.78 is 5.44. The second-order valence-electron chi connectivity index (χ2n) is 5.98. The Morgan fingerprint density at radius 1 is 1.00 bits per heavy atom. The van der Waals surface area contributed by atoms with Gasteiger partial charge in [-0.3, -0.25) is 0 Å². The van der Waals surface area contributed by atoms with Crippen LogP contribution in [-0.4, -0.2) is 22.6 Å². The van der Waals surface area contributed by atoms with E-state index in [1.54, 1.807) is 6.92 Å². The van der Waals surface area contributed by atoms with E-state index in [4.69, 9.17) is 4.74 Å². The Morgan fingerprint density at radius 2 is 1.58 bits per heavy atom. The third-order valence-corrected chi connectivity index (χ3v) is 5.89. The van der Waals surface area contributed by atoms with Crippen LogP contribution in [0.1, 0.15) is 64.7 Å². The van der Waals surface area contributed by atoms with E-state index in [1.807, 2.05) is 0 Å². The molecule has 108 valence electrons. The predicted octanol–water partition coefficient (Wildman–Crippen LogP) is 4.48. The van der Waals surface area contributed by atoms with Crippen molar-refractivity contribution in [1.29, 1.82) is 0 Å². The average Bonchev–Trinajstić information content (AvgIpc) is 2.42. The van der Waals surface area contributed by atoms with Crippen molar-refractivity contribution in [2.75, 3.05) is 0 Å². The molecule has 2 rings (SSSR count).